The highest BCUT2D eigenvalue weighted by molar-refractivity contribution is 6.42. The summed E-state index contributed by atoms with van der Waals surface area (Å²) in [5, 5.41) is 0. The standard InChI is InChI=1S/C20H24NO4/c1-5-21(15-11-13-16(23-3)14-12-15)19(20(22)25-6-2)17-9-7-8-10-18(17)24-4/h7-14H,5-6H2,1-4H3/q+1. The summed E-state index contributed by atoms with van der Waals surface area (Å²) in [6, 6.07) is 15.0. The van der Waals surface area contributed by atoms with Crippen LogP contribution in [0.1, 0.15) is 19.4 Å². The molecule has 0 radical (unpaired) electrons. The van der Waals surface area contributed by atoms with Crippen molar-refractivity contribution in [3.8, 4) is 11.5 Å². The van der Waals surface area contributed by atoms with Gasteiger partial charge in [0.2, 0.25) is 5.69 Å². The van der Waals surface area contributed by atoms with Crippen LogP contribution in [0, 0.1) is 0 Å². The zero-order valence-corrected chi connectivity index (χ0v) is 15.1. The molecule has 0 saturated carbocycles. The Morgan fingerprint density at radius 1 is 0.960 bits per heavy atom. The highest BCUT2D eigenvalue weighted by Crippen LogP contribution is 2.23. The summed E-state index contributed by atoms with van der Waals surface area (Å²) in [6.07, 6.45) is 0. The second-order valence-corrected chi connectivity index (χ2v) is 5.21. The van der Waals surface area contributed by atoms with Crippen molar-refractivity contribution in [2.24, 2.45) is 0 Å². The van der Waals surface area contributed by atoms with Crippen LogP contribution in [0.15, 0.2) is 48.5 Å². The molecular formula is C20H24NO4+. The third kappa shape index (κ3) is 4.18. The topological polar surface area (TPSA) is 47.8 Å². The van der Waals surface area contributed by atoms with Crippen molar-refractivity contribution in [1.82, 2.24) is 0 Å². The van der Waals surface area contributed by atoms with E-state index in [4.69, 9.17) is 14.2 Å². The van der Waals surface area contributed by atoms with Crippen LogP contribution in [0.3, 0.4) is 0 Å². The number of benzene rings is 2. The molecule has 132 valence electrons. The Balaban J connectivity index is 2.68. The van der Waals surface area contributed by atoms with Gasteiger partial charge in [0.05, 0.1) is 26.4 Å². The molecule has 2 aromatic rings. The second kappa shape index (κ2) is 8.87. The average Bonchev–Trinajstić information content (AvgIpc) is 2.66. The Labute approximate surface area is 148 Å². The third-order valence-corrected chi connectivity index (χ3v) is 3.80. The number of hydrogen-bond donors (Lipinski definition) is 0. The number of carbonyl (C=O) groups is 1. The van der Waals surface area contributed by atoms with Gasteiger partial charge in [0.15, 0.2) is 0 Å². The van der Waals surface area contributed by atoms with Crippen molar-refractivity contribution in [3.63, 3.8) is 0 Å². The number of carbonyl (C=O) groups excluding carboxylic acids is 1. The number of methoxy groups -OCH3 is 2. The number of ether oxygens (including phenoxy) is 3. The molecule has 0 aliphatic heterocycles. The average molecular weight is 342 g/mol. The number of nitrogens with zero attached hydrogens (tertiary/aromatic N) is 1. The molecule has 0 fully saturated rings. The summed E-state index contributed by atoms with van der Waals surface area (Å²) >= 11 is 0. The number of esters is 1. The van der Waals surface area contributed by atoms with E-state index in [0.29, 0.717) is 30.2 Å². The van der Waals surface area contributed by atoms with Gasteiger partial charge in [-0.15, -0.1) is 0 Å². The first-order chi connectivity index (χ1) is 12.2. The summed E-state index contributed by atoms with van der Waals surface area (Å²) in [5.41, 5.74) is 2.02. The van der Waals surface area contributed by atoms with Gasteiger partial charge in [-0.2, -0.15) is 4.58 Å². The molecule has 0 N–H and O–H groups in total. The molecule has 0 unspecified atom stereocenters. The number of para-hydroxylation sites is 1. The molecule has 2 aromatic carbocycles. The maximum atomic E-state index is 12.7. The monoisotopic (exact) mass is 342 g/mol. The molecular weight excluding hydrogens is 318 g/mol. The van der Waals surface area contributed by atoms with Crippen LogP contribution in [-0.4, -0.2) is 43.6 Å². The zero-order chi connectivity index (χ0) is 18.2. The molecule has 0 heterocycles. The van der Waals surface area contributed by atoms with Gasteiger partial charge in [-0.05, 0) is 38.1 Å². The fraction of sp³-hybridized carbons (Fsp3) is 0.300. The lowest BCUT2D eigenvalue weighted by Crippen LogP contribution is -2.29. The van der Waals surface area contributed by atoms with E-state index in [1.165, 1.54) is 0 Å². The summed E-state index contributed by atoms with van der Waals surface area (Å²) in [7, 11) is 3.21. The van der Waals surface area contributed by atoms with E-state index >= 15 is 0 Å². The van der Waals surface area contributed by atoms with E-state index < -0.39 is 0 Å². The smallest absolute Gasteiger partial charge is 0.404 e. The van der Waals surface area contributed by atoms with Crippen molar-refractivity contribution in [2.75, 3.05) is 27.4 Å². The summed E-state index contributed by atoms with van der Waals surface area (Å²) in [6.45, 7) is 4.68. The fourth-order valence-electron chi connectivity index (χ4n) is 2.64. The Morgan fingerprint density at radius 2 is 1.64 bits per heavy atom. The molecule has 0 saturated heterocycles. The molecule has 0 atom stereocenters. The maximum Gasteiger partial charge on any atom is 0.404 e. The largest absolute Gasteiger partial charge is 0.497 e. The SMILES string of the molecule is CCOC(=O)C(c1ccccc1OC)=[N+](CC)c1ccc(OC)cc1. The normalized spacial score (nSPS) is 11.5. The van der Waals surface area contributed by atoms with Gasteiger partial charge in [-0.3, -0.25) is 0 Å². The zero-order valence-electron chi connectivity index (χ0n) is 15.1. The third-order valence-electron chi connectivity index (χ3n) is 3.80. The van der Waals surface area contributed by atoms with Crippen molar-refractivity contribution in [2.45, 2.75) is 13.8 Å². The van der Waals surface area contributed by atoms with Crippen molar-refractivity contribution in [1.29, 1.82) is 0 Å². The van der Waals surface area contributed by atoms with Crippen molar-refractivity contribution >= 4 is 17.4 Å². The van der Waals surface area contributed by atoms with Crippen LogP contribution < -0.4 is 9.47 Å². The summed E-state index contributed by atoms with van der Waals surface area (Å²) in [4.78, 5) is 12.7. The van der Waals surface area contributed by atoms with E-state index in [1.54, 1.807) is 21.1 Å². The highest BCUT2D eigenvalue weighted by Gasteiger charge is 2.30. The van der Waals surface area contributed by atoms with Crippen LogP contribution in [0.25, 0.3) is 0 Å². The van der Waals surface area contributed by atoms with E-state index in [9.17, 15) is 4.79 Å². The number of rotatable bonds is 7. The first-order valence-corrected chi connectivity index (χ1v) is 8.25. The van der Waals surface area contributed by atoms with Crippen LogP contribution in [0.2, 0.25) is 0 Å². The molecule has 0 bridgehead atoms. The minimum Gasteiger partial charge on any atom is -0.497 e. The van der Waals surface area contributed by atoms with E-state index in [0.717, 1.165) is 11.4 Å². The Bertz CT molecular complexity index is 751. The van der Waals surface area contributed by atoms with E-state index in [1.807, 2.05) is 60.0 Å². The lowest BCUT2D eigenvalue weighted by molar-refractivity contribution is -0.435. The summed E-state index contributed by atoms with van der Waals surface area (Å²) < 4.78 is 17.9. The van der Waals surface area contributed by atoms with Crippen molar-refractivity contribution in [3.05, 3.63) is 54.1 Å². The molecule has 25 heavy (non-hydrogen) atoms. The minimum absolute atomic E-state index is 0.303. The van der Waals surface area contributed by atoms with Gasteiger partial charge in [0, 0.05) is 12.1 Å². The first-order valence-electron chi connectivity index (χ1n) is 8.25. The van der Waals surface area contributed by atoms with Gasteiger partial charge < -0.3 is 14.2 Å². The Kier molecular flexibility index (Phi) is 6.57. The molecule has 0 amide bonds. The summed E-state index contributed by atoms with van der Waals surface area (Å²) in [5.74, 6) is 0.997. The molecule has 0 aliphatic rings. The van der Waals surface area contributed by atoms with Gasteiger partial charge in [-0.25, -0.2) is 4.79 Å². The number of hydrogen-bond acceptors (Lipinski definition) is 4. The van der Waals surface area contributed by atoms with E-state index in [2.05, 4.69) is 0 Å². The van der Waals surface area contributed by atoms with Gasteiger partial charge >= 0.3 is 11.7 Å². The highest BCUT2D eigenvalue weighted by atomic mass is 16.5. The molecule has 0 aromatic heterocycles. The van der Waals surface area contributed by atoms with Crippen LogP contribution in [0.5, 0.6) is 11.5 Å². The van der Waals surface area contributed by atoms with Crippen LogP contribution in [0.4, 0.5) is 5.69 Å². The first kappa shape index (κ1) is 18.5. The molecule has 5 heteroatoms. The van der Waals surface area contributed by atoms with E-state index in [-0.39, 0.29) is 5.97 Å². The molecule has 0 spiro atoms. The van der Waals surface area contributed by atoms with Crippen molar-refractivity contribution < 1.29 is 23.6 Å². The van der Waals surface area contributed by atoms with Gasteiger partial charge in [0.25, 0.3) is 0 Å². The lowest BCUT2D eigenvalue weighted by Gasteiger charge is -2.11. The Morgan fingerprint density at radius 3 is 2.20 bits per heavy atom. The lowest BCUT2D eigenvalue weighted by atomic mass is 10.1. The minimum atomic E-state index is -0.385. The molecule has 2 rings (SSSR count). The molecule has 5 nitrogen and oxygen atoms in total. The van der Waals surface area contributed by atoms with Gasteiger partial charge in [-0.1, -0.05) is 12.1 Å². The predicted octanol–water partition coefficient (Wildman–Crippen LogP) is 3.42. The van der Waals surface area contributed by atoms with Crippen LogP contribution >= 0.6 is 0 Å². The molecule has 0 aliphatic carbocycles. The Hall–Kier alpha value is -2.82. The fourth-order valence-corrected chi connectivity index (χ4v) is 2.64. The van der Waals surface area contributed by atoms with Gasteiger partial charge in [0.1, 0.15) is 18.0 Å². The quantitative estimate of drug-likeness (QED) is 0.439. The predicted molar refractivity (Wildman–Crippen MR) is 97.2 cm³/mol. The maximum absolute atomic E-state index is 12.7. The second-order valence-electron chi connectivity index (χ2n) is 5.21. The van der Waals surface area contributed by atoms with Crippen LogP contribution in [-0.2, 0) is 9.53 Å².